The minimum Gasteiger partial charge on any atom is -0.369 e. The fraction of sp³-hybridized carbons (Fsp3) is 0.500. The van der Waals surface area contributed by atoms with Crippen molar-refractivity contribution in [3.63, 3.8) is 0 Å². The van der Waals surface area contributed by atoms with Crippen molar-refractivity contribution in [1.29, 1.82) is 0 Å². The number of halogens is 2. The number of nitrogens with one attached hydrogen (secondary N) is 2. The molecule has 0 bridgehead atoms. The summed E-state index contributed by atoms with van der Waals surface area (Å²) in [6.07, 6.45) is 0.837. The van der Waals surface area contributed by atoms with Crippen LogP contribution in [-0.2, 0) is 11.2 Å². The molecule has 0 saturated heterocycles. The fourth-order valence-corrected chi connectivity index (χ4v) is 1.93. The Balaban J connectivity index is 0.00000484. The summed E-state index contributed by atoms with van der Waals surface area (Å²) >= 11 is 5.97. The molecule has 7 heteroatoms. The molecule has 4 N–H and O–H groups in total. The Bertz CT molecular complexity index is 535. The second-order valence-electron chi connectivity index (χ2n) is 5.75. The molecule has 0 heterocycles. The summed E-state index contributed by atoms with van der Waals surface area (Å²) in [7, 11) is 0. The van der Waals surface area contributed by atoms with Gasteiger partial charge in [0.1, 0.15) is 0 Å². The highest BCUT2D eigenvalue weighted by Crippen LogP contribution is 2.14. The Morgan fingerprint density at radius 1 is 1.35 bits per heavy atom. The second kappa shape index (κ2) is 10.7. The molecule has 1 amide bonds. The standard InChI is InChI=1S/C16H25ClN4O.HI/c1-4-19-15(21-11-16(2,3)14(18)22)20-9-8-12-6-5-7-13(17)10-12;/h5-7,10H,4,8-9,11H2,1-3H3,(H2,18,22)(H2,19,20,21);1H. The van der Waals surface area contributed by atoms with Crippen LogP contribution in [0.15, 0.2) is 29.3 Å². The third-order valence-corrected chi connectivity index (χ3v) is 3.47. The summed E-state index contributed by atoms with van der Waals surface area (Å²) in [5, 5.41) is 7.13. The SMILES string of the molecule is CCNC(=NCC(C)(C)C(N)=O)NCCc1cccc(Cl)c1.I. The number of carbonyl (C=O) groups excluding carboxylic acids is 1. The largest absolute Gasteiger partial charge is 0.369 e. The topological polar surface area (TPSA) is 79.5 Å². The number of primary amides is 1. The molecule has 0 aliphatic heterocycles. The number of aliphatic imine (C=N–C) groups is 1. The zero-order valence-corrected chi connectivity index (χ0v) is 16.9. The van der Waals surface area contributed by atoms with E-state index in [1.54, 1.807) is 13.8 Å². The molecule has 1 rings (SSSR count). The maximum absolute atomic E-state index is 11.3. The van der Waals surface area contributed by atoms with Crippen LogP contribution in [0.4, 0.5) is 0 Å². The molecule has 0 aliphatic rings. The quantitative estimate of drug-likeness (QED) is 0.338. The van der Waals surface area contributed by atoms with Gasteiger partial charge in [-0.05, 0) is 44.9 Å². The lowest BCUT2D eigenvalue weighted by atomic mass is 9.93. The van der Waals surface area contributed by atoms with E-state index in [-0.39, 0.29) is 29.9 Å². The van der Waals surface area contributed by atoms with E-state index < -0.39 is 5.41 Å². The van der Waals surface area contributed by atoms with Gasteiger partial charge < -0.3 is 16.4 Å². The first-order valence-electron chi connectivity index (χ1n) is 7.41. The van der Waals surface area contributed by atoms with Gasteiger partial charge in [0.15, 0.2) is 5.96 Å². The van der Waals surface area contributed by atoms with Crippen molar-refractivity contribution < 1.29 is 4.79 Å². The molecule has 0 spiro atoms. The Hall–Kier alpha value is -1.02. The van der Waals surface area contributed by atoms with E-state index >= 15 is 0 Å². The van der Waals surface area contributed by atoms with Crippen molar-refractivity contribution in [2.24, 2.45) is 16.1 Å². The number of hydrogen-bond donors (Lipinski definition) is 3. The predicted octanol–water partition coefficient (Wildman–Crippen LogP) is 2.57. The summed E-state index contributed by atoms with van der Waals surface area (Å²) < 4.78 is 0. The number of benzene rings is 1. The van der Waals surface area contributed by atoms with Gasteiger partial charge in [-0.25, -0.2) is 0 Å². The Morgan fingerprint density at radius 2 is 2.04 bits per heavy atom. The lowest BCUT2D eigenvalue weighted by molar-refractivity contribution is -0.125. The van der Waals surface area contributed by atoms with E-state index in [2.05, 4.69) is 15.6 Å². The number of amides is 1. The fourth-order valence-electron chi connectivity index (χ4n) is 1.71. The average Bonchev–Trinajstić information content (AvgIpc) is 2.44. The Labute approximate surface area is 160 Å². The molecule has 0 aromatic heterocycles. The normalized spacial score (nSPS) is 11.6. The summed E-state index contributed by atoms with van der Waals surface area (Å²) in [6.45, 7) is 7.38. The van der Waals surface area contributed by atoms with Crippen molar-refractivity contribution in [2.45, 2.75) is 27.2 Å². The molecular formula is C16H26ClIN4O. The van der Waals surface area contributed by atoms with Crippen LogP contribution in [0.5, 0.6) is 0 Å². The molecule has 23 heavy (non-hydrogen) atoms. The van der Waals surface area contributed by atoms with Crippen LogP contribution in [0.1, 0.15) is 26.3 Å². The lowest BCUT2D eigenvalue weighted by Crippen LogP contribution is -2.40. The first-order chi connectivity index (χ1) is 10.3. The van der Waals surface area contributed by atoms with E-state index in [0.717, 1.165) is 30.1 Å². The molecule has 0 fully saturated rings. The zero-order valence-electron chi connectivity index (χ0n) is 13.9. The number of nitrogens with two attached hydrogens (primary N) is 1. The van der Waals surface area contributed by atoms with Gasteiger partial charge in [-0.15, -0.1) is 24.0 Å². The molecular weight excluding hydrogens is 427 g/mol. The predicted molar refractivity (Wildman–Crippen MR) is 108 cm³/mol. The van der Waals surface area contributed by atoms with Crippen LogP contribution >= 0.6 is 35.6 Å². The number of nitrogens with zero attached hydrogens (tertiary/aromatic N) is 1. The van der Waals surface area contributed by atoms with Crippen LogP contribution in [0.2, 0.25) is 5.02 Å². The van der Waals surface area contributed by atoms with Crippen LogP contribution in [0.25, 0.3) is 0 Å². The van der Waals surface area contributed by atoms with Gasteiger partial charge in [0.05, 0.1) is 12.0 Å². The lowest BCUT2D eigenvalue weighted by Gasteiger charge is -2.19. The number of guanidine groups is 1. The first-order valence-corrected chi connectivity index (χ1v) is 7.79. The smallest absolute Gasteiger partial charge is 0.224 e. The summed E-state index contributed by atoms with van der Waals surface area (Å²) in [5.41, 5.74) is 5.86. The Kier molecular flexibility index (Phi) is 10.2. The third-order valence-electron chi connectivity index (χ3n) is 3.24. The molecule has 1 aromatic rings. The number of rotatable bonds is 7. The van der Waals surface area contributed by atoms with Gasteiger partial charge in [0, 0.05) is 18.1 Å². The molecule has 130 valence electrons. The van der Waals surface area contributed by atoms with Crippen molar-refractivity contribution in [1.82, 2.24) is 10.6 Å². The maximum Gasteiger partial charge on any atom is 0.224 e. The molecule has 0 atom stereocenters. The van der Waals surface area contributed by atoms with Crippen molar-refractivity contribution in [3.8, 4) is 0 Å². The monoisotopic (exact) mass is 452 g/mol. The van der Waals surface area contributed by atoms with Crippen LogP contribution in [0, 0.1) is 5.41 Å². The van der Waals surface area contributed by atoms with Crippen LogP contribution in [0.3, 0.4) is 0 Å². The molecule has 0 saturated carbocycles. The van der Waals surface area contributed by atoms with Crippen LogP contribution < -0.4 is 16.4 Å². The minimum atomic E-state index is -0.657. The van der Waals surface area contributed by atoms with E-state index in [1.807, 2.05) is 31.2 Å². The highest BCUT2D eigenvalue weighted by molar-refractivity contribution is 14.0. The minimum absolute atomic E-state index is 0. The van der Waals surface area contributed by atoms with Crippen molar-refractivity contribution in [3.05, 3.63) is 34.9 Å². The molecule has 0 radical (unpaired) electrons. The molecule has 1 aromatic carbocycles. The van der Waals surface area contributed by atoms with Crippen molar-refractivity contribution >= 4 is 47.4 Å². The summed E-state index contributed by atoms with van der Waals surface area (Å²) in [6, 6.07) is 7.78. The molecule has 0 aliphatic carbocycles. The van der Waals surface area contributed by atoms with Gasteiger partial charge >= 0.3 is 0 Å². The van der Waals surface area contributed by atoms with Crippen LogP contribution in [-0.4, -0.2) is 31.5 Å². The van der Waals surface area contributed by atoms with Gasteiger partial charge in [-0.2, -0.15) is 0 Å². The number of carbonyl (C=O) groups is 1. The first kappa shape index (κ1) is 22.0. The summed E-state index contributed by atoms with van der Waals surface area (Å²) in [4.78, 5) is 15.7. The summed E-state index contributed by atoms with van der Waals surface area (Å²) in [5.74, 6) is 0.324. The van der Waals surface area contributed by atoms with Gasteiger partial charge in [-0.3, -0.25) is 9.79 Å². The molecule has 0 unspecified atom stereocenters. The van der Waals surface area contributed by atoms with E-state index in [4.69, 9.17) is 17.3 Å². The Morgan fingerprint density at radius 3 is 2.61 bits per heavy atom. The highest BCUT2D eigenvalue weighted by Gasteiger charge is 2.24. The maximum atomic E-state index is 11.3. The zero-order chi connectivity index (χ0) is 16.6. The van der Waals surface area contributed by atoms with E-state index in [1.165, 1.54) is 0 Å². The average molecular weight is 453 g/mol. The van der Waals surface area contributed by atoms with E-state index in [0.29, 0.717) is 12.5 Å². The second-order valence-corrected chi connectivity index (χ2v) is 6.19. The third kappa shape index (κ3) is 8.41. The van der Waals surface area contributed by atoms with Gasteiger partial charge in [0.25, 0.3) is 0 Å². The highest BCUT2D eigenvalue weighted by atomic mass is 127. The van der Waals surface area contributed by atoms with Crippen molar-refractivity contribution in [2.75, 3.05) is 19.6 Å². The number of hydrogen-bond acceptors (Lipinski definition) is 2. The molecule has 5 nitrogen and oxygen atoms in total. The van der Waals surface area contributed by atoms with E-state index in [9.17, 15) is 4.79 Å². The van der Waals surface area contributed by atoms with Gasteiger partial charge in [-0.1, -0.05) is 23.7 Å². The van der Waals surface area contributed by atoms with Gasteiger partial charge in [0.2, 0.25) is 5.91 Å².